The fraction of sp³-hybridized carbons (Fsp3) is 0.176. The molecule has 1 aromatic heterocycles. The minimum Gasteiger partial charge on any atom is -0.484 e. The number of benzene rings is 2. The number of hydrogen-bond donors (Lipinski definition) is 0. The Morgan fingerprint density at radius 2 is 1.77 bits per heavy atom. The maximum Gasteiger partial charge on any atom is 0.254 e. The first-order valence-electron chi connectivity index (χ1n) is 7.08. The lowest BCUT2D eigenvalue weighted by Gasteiger charge is -2.04. The molecule has 0 aliphatic carbocycles. The Kier molecular flexibility index (Phi) is 4.75. The van der Waals surface area contributed by atoms with E-state index < -0.39 is 0 Å². The summed E-state index contributed by atoms with van der Waals surface area (Å²) >= 11 is 1.80. The van der Waals surface area contributed by atoms with E-state index in [9.17, 15) is 0 Å². The number of thioether (sulfide) groups is 1. The third-order valence-corrected chi connectivity index (χ3v) is 3.88. The van der Waals surface area contributed by atoms with Crippen LogP contribution in [-0.4, -0.2) is 16.0 Å². The Hall–Kier alpha value is -2.27. The smallest absolute Gasteiger partial charge is 0.254 e. The summed E-state index contributed by atoms with van der Waals surface area (Å²) in [6.07, 6.45) is 0. The zero-order valence-corrected chi connectivity index (χ0v) is 13.0. The number of aromatic nitrogens is 2. The molecule has 0 spiro atoms. The molecule has 3 aromatic rings. The first-order valence-corrected chi connectivity index (χ1v) is 8.07. The summed E-state index contributed by atoms with van der Waals surface area (Å²) in [4.78, 5) is 1.24. The molecule has 112 valence electrons. The standard InChI is InChI=1S/C17H16N2O2S/c1-2-22-15-10-8-14(9-11-15)20-12-16-18-19-17(21-16)13-6-4-3-5-7-13/h3-11H,2,12H2,1H3. The van der Waals surface area contributed by atoms with Crippen LogP contribution < -0.4 is 4.74 Å². The van der Waals surface area contributed by atoms with Crippen LogP contribution >= 0.6 is 11.8 Å². The van der Waals surface area contributed by atoms with Gasteiger partial charge in [0, 0.05) is 10.5 Å². The van der Waals surface area contributed by atoms with Crippen LogP contribution in [0.5, 0.6) is 5.75 Å². The molecule has 0 saturated heterocycles. The zero-order valence-electron chi connectivity index (χ0n) is 12.2. The molecule has 22 heavy (non-hydrogen) atoms. The van der Waals surface area contributed by atoms with Crippen LogP contribution in [0, 0.1) is 0 Å². The predicted octanol–water partition coefficient (Wildman–Crippen LogP) is 4.43. The number of ether oxygens (including phenoxy) is 1. The molecule has 0 fully saturated rings. The molecular formula is C17H16N2O2S. The second kappa shape index (κ2) is 7.13. The van der Waals surface area contributed by atoms with Gasteiger partial charge in [-0.1, -0.05) is 25.1 Å². The number of hydrogen-bond acceptors (Lipinski definition) is 5. The molecule has 1 heterocycles. The normalized spacial score (nSPS) is 10.6. The van der Waals surface area contributed by atoms with Crippen molar-refractivity contribution < 1.29 is 9.15 Å². The van der Waals surface area contributed by atoms with E-state index in [0.717, 1.165) is 17.1 Å². The van der Waals surface area contributed by atoms with E-state index in [-0.39, 0.29) is 6.61 Å². The highest BCUT2D eigenvalue weighted by Gasteiger charge is 2.08. The Morgan fingerprint density at radius 1 is 1.00 bits per heavy atom. The highest BCUT2D eigenvalue weighted by molar-refractivity contribution is 7.99. The van der Waals surface area contributed by atoms with Crippen LogP contribution in [-0.2, 0) is 6.61 Å². The first kappa shape index (κ1) is 14.7. The van der Waals surface area contributed by atoms with Crippen molar-refractivity contribution in [1.29, 1.82) is 0 Å². The maximum atomic E-state index is 5.67. The van der Waals surface area contributed by atoms with Crippen molar-refractivity contribution in [3.05, 3.63) is 60.5 Å². The largest absolute Gasteiger partial charge is 0.484 e. The molecule has 3 rings (SSSR count). The van der Waals surface area contributed by atoms with Gasteiger partial charge in [-0.25, -0.2) is 0 Å². The van der Waals surface area contributed by atoms with Gasteiger partial charge in [-0.3, -0.25) is 0 Å². The van der Waals surface area contributed by atoms with Gasteiger partial charge < -0.3 is 9.15 Å². The van der Waals surface area contributed by atoms with Crippen LogP contribution in [0.3, 0.4) is 0 Å². The van der Waals surface area contributed by atoms with Crippen LogP contribution in [0.15, 0.2) is 63.9 Å². The summed E-state index contributed by atoms with van der Waals surface area (Å²) in [7, 11) is 0. The average molecular weight is 312 g/mol. The zero-order chi connectivity index (χ0) is 15.2. The Labute approximate surface area is 133 Å². The van der Waals surface area contributed by atoms with E-state index in [1.54, 1.807) is 11.8 Å². The van der Waals surface area contributed by atoms with Crippen molar-refractivity contribution in [3.63, 3.8) is 0 Å². The quantitative estimate of drug-likeness (QED) is 0.630. The van der Waals surface area contributed by atoms with Crippen molar-refractivity contribution in [2.24, 2.45) is 0 Å². The van der Waals surface area contributed by atoms with E-state index >= 15 is 0 Å². The SMILES string of the molecule is CCSc1ccc(OCc2nnc(-c3ccccc3)o2)cc1. The first-order chi connectivity index (χ1) is 10.8. The van der Waals surface area contributed by atoms with Crippen LogP contribution in [0.2, 0.25) is 0 Å². The minimum absolute atomic E-state index is 0.264. The number of rotatable bonds is 6. The summed E-state index contributed by atoms with van der Waals surface area (Å²) in [5.41, 5.74) is 0.905. The molecule has 0 saturated carbocycles. The molecule has 5 heteroatoms. The van der Waals surface area contributed by atoms with Gasteiger partial charge >= 0.3 is 0 Å². The lowest BCUT2D eigenvalue weighted by molar-refractivity contribution is 0.264. The van der Waals surface area contributed by atoms with Gasteiger partial charge in [0.1, 0.15) is 5.75 Å². The summed E-state index contributed by atoms with van der Waals surface area (Å²) in [5.74, 6) is 2.82. The van der Waals surface area contributed by atoms with Crippen molar-refractivity contribution in [1.82, 2.24) is 10.2 Å². The van der Waals surface area contributed by atoms with Gasteiger partial charge in [-0.2, -0.15) is 0 Å². The lowest BCUT2D eigenvalue weighted by Crippen LogP contribution is -1.95. The molecule has 2 aromatic carbocycles. The van der Waals surface area contributed by atoms with Crippen molar-refractivity contribution in [3.8, 4) is 17.2 Å². The predicted molar refractivity (Wildman–Crippen MR) is 86.9 cm³/mol. The van der Waals surface area contributed by atoms with E-state index in [4.69, 9.17) is 9.15 Å². The topological polar surface area (TPSA) is 48.2 Å². The van der Waals surface area contributed by atoms with Crippen molar-refractivity contribution >= 4 is 11.8 Å². The van der Waals surface area contributed by atoms with E-state index in [1.807, 2.05) is 54.6 Å². The molecule has 0 amide bonds. The fourth-order valence-corrected chi connectivity index (χ4v) is 2.62. The van der Waals surface area contributed by atoms with Gasteiger partial charge in [-0.05, 0) is 42.2 Å². The van der Waals surface area contributed by atoms with Crippen LogP contribution in [0.25, 0.3) is 11.5 Å². The van der Waals surface area contributed by atoms with Crippen LogP contribution in [0.1, 0.15) is 12.8 Å². The van der Waals surface area contributed by atoms with Gasteiger partial charge in [0.15, 0.2) is 6.61 Å². The number of nitrogens with zero attached hydrogens (tertiary/aromatic N) is 2. The molecule has 0 unspecified atom stereocenters. The van der Waals surface area contributed by atoms with Crippen molar-refractivity contribution in [2.45, 2.75) is 18.4 Å². The van der Waals surface area contributed by atoms with Gasteiger partial charge in [0.2, 0.25) is 5.89 Å². The van der Waals surface area contributed by atoms with Crippen molar-refractivity contribution in [2.75, 3.05) is 5.75 Å². The molecular weight excluding hydrogens is 296 g/mol. The maximum absolute atomic E-state index is 5.67. The third-order valence-electron chi connectivity index (χ3n) is 2.98. The van der Waals surface area contributed by atoms with E-state index in [2.05, 4.69) is 17.1 Å². The van der Waals surface area contributed by atoms with E-state index in [1.165, 1.54) is 4.90 Å². The average Bonchev–Trinajstić information content (AvgIpc) is 3.04. The highest BCUT2D eigenvalue weighted by atomic mass is 32.2. The minimum atomic E-state index is 0.264. The van der Waals surface area contributed by atoms with E-state index in [0.29, 0.717) is 11.8 Å². The van der Waals surface area contributed by atoms with Gasteiger partial charge in [-0.15, -0.1) is 22.0 Å². The molecule has 0 N–H and O–H groups in total. The van der Waals surface area contributed by atoms with Crippen LogP contribution in [0.4, 0.5) is 0 Å². The summed E-state index contributed by atoms with van der Waals surface area (Å²) in [6.45, 7) is 2.40. The fourth-order valence-electron chi connectivity index (χ4n) is 1.95. The molecule has 0 atom stereocenters. The van der Waals surface area contributed by atoms with Gasteiger partial charge in [0.25, 0.3) is 5.89 Å². The lowest BCUT2D eigenvalue weighted by atomic mass is 10.2. The summed E-state index contributed by atoms with van der Waals surface area (Å²) in [5, 5.41) is 8.05. The molecule has 0 radical (unpaired) electrons. The monoisotopic (exact) mass is 312 g/mol. The Morgan fingerprint density at radius 3 is 2.50 bits per heavy atom. The second-order valence-corrected chi connectivity index (χ2v) is 5.90. The summed E-state index contributed by atoms with van der Waals surface area (Å²) < 4.78 is 11.3. The Balaban J connectivity index is 1.61. The Bertz CT molecular complexity index is 711. The second-order valence-electron chi connectivity index (χ2n) is 4.56. The summed E-state index contributed by atoms with van der Waals surface area (Å²) in [6, 6.07) is 17.7. The molecule has 4 nitrogen and oxygen atoms in total. The molecule has 0 bridgehead atoms. The molecule has 0 aliphatic heterocycles. The van der Waals surface area contributed by atoms with Gasteiger partial charge in [0.05, 0.1) is 0 Å². The molecule has 0 aliphatic rings. The highest BCUT2D eigenvalue weighted by Crippen LogP contribution is 2.22. The third kappa shape index (κ3) is 3.68.